The Labute approximate surface area is 162 Å². The van der Waals surface area contributed by atoms with E-state index < -0.39 is 6.03 Å². The van der Waals surface area contributed by atoms with Crippen molar-refractivity contribution in [2.45, 2.75) is 13.5 Å². The van der Waals surface area contributed by atoms with Gasteiger partial charge in [0.05, 0.1) is 25.2 Å². The van der Waals surface area contributed by atoms with Gasteiger partial charge in [0.2, 0.25) is 5.88 Å². The highest BCUT2D eigenvalue weighted by Crippen LogP contribution is 2.24. The number of carbonyl (C=O) groups is 1. The van der Waals surface area contributed by atoms with Crippen molar-refractivity contribution in [3.8, 4) is 22.9 Å². The third-order valence-electron chi connectivity index (χ3n) is 4.15. The highest BCUT2D eigenvalue weighted by molar-refractivity contribution is 5.89. The third-order valence-corrected chi connectivity index (χ3v) is 4.15. The van der Waals surface area contributed by atoms with Crippen LogP contribution in [0.25, 0.3) is 11.3 Å². The minimum absolute atomic E-state index is 0.216. The highest BCUT2D eigenvalue weighted by Gasteiger charge is 2.10. The van der Waals surface area contributed by atoms with Crippen molar-refractivity contribution in [2.24, 2.45) is 5.84 Å². The lowest BCUT2D eigenvalue weighted by Gasteiger charge is -2.14. The molecule has 0 aliphatic heterocycles. The van der Waals surface area contributed by atoms with Gasteiger partial charge in [-0.25, -0.2) is 15.6 Å². The molecule has 8 heteroatoms. The number of ether oxygens (including phenoxy) is 2. The van der Waals surface area contributed by atoms with Gasteiger partial charge in [0, 0.05) is 16.8 Å². The number of hydrogen-bond donors (Lipinski definition) is 3. The van der Waals surface area contributed by atoms with E-state index in [0.29, 0.717) is 17.3 Å². The molecule has 4 N–H and O–H groups in total. The Kier molecular flexibility index (Phi) is 6.03. The Morgan fingerprint density at radius 3 is 2.64 bits per heavy atom. The topological polar surface area (TPSA) is 111 Å². The molecule has 0 radical (unpaired) electrons. The van der Waals surface area contributed by atoms with Gasteiger partial charge in [-0.2, -0.15) is 0 Å². The summed E-state index contributed by atoms with van der Waals surface area (Å²) in [5, 5.41) is 2.68. The van der Waals surface area contributed by atoms with Gasteiger partial charge in [-0.05, 0) is 42.8 Å². The summed E-state index contributed by atoms with van der Waals surface area (Å²) >= 11 is 0. The number of aromatic nitrogens is 2. The molecule has 0 spiro atoms. The molecule has 2 aromatic carbocycles. The molecule has 1 aromatic heterocycles. The molecule has 0 bridgehead atoms. The van der Waals surface area contributed by atoms with Crippen LogP contribution in [0.1, 0.15) is 11.1 Å². The normalized spacial score (nSPS) is 10.2. The summed E-state index contributed by atoms with van der Waals surface area (Å²) < 4.78 is 11.0. The van der Waals surface area contributed by atoms with E-state index in [9.17, 15) is 4.79 Å². The molecule has 8 nitrogen and oxygen atoms in total. The second-order valence-corrected chi connectivity index (χ2v) is 5.96. The summed E-state index contributed by atoms with van der Waals surface area (Å²) in [6, 6.07) is 12.6. The van der Waals surface area contributed by atoms with Crippen LogP contribution in [0, 0.1) is 6.92 Å². The molecule has 0 saturated carbocycles. The molecule has 0 aliphatic carbocycles. The predicted octanol–water partition coefficient (Wildman–Crippen LogP) is 3.03. The maximum atomic E-state index is 11.5. The number of benzene rings is 2. The zero-order valence-corrected chi connectivity index (χ0v) is 15.6. The number of amides is 2. The third kappa shape index (κ3) is 4.54. The first kappa shape index (κ1) is 19.1. The molecular formula is C20H21N5O3. The molecule has 0 unspecified atom stereocenters. The Balaban J connectivity index is 1.77. The molecule has 0 atom stereocenters. The van der Waals surface area contributed by atoms with Gasteiger partial charge in [0.1, 0.15) is 12.4 Å². The molecule has 144 valence electrons. The lowest BCUT2D eigenvalue weighted by atomic mass is 10.1. The Bertz CT molecular complexity index is 960. The van der Waals surface area contributed by atoms with Crippen molar-refractivity contribution in [3.05, 3.63) is 66.0 Å². The van der Waals surface area contributed by atoms with Crippen LogP contribution in [-0.4, -0.2) is 23.1 Å². The lowest BCUT2D eigenvalue weighted by Crippen LogP contribution is -2.34. The van der Waals surface area contributed by atoms with Crippen molar-refractivity contribution in [2.75, 3.05) is 12.4 Å². The quantitative estimate of drug-likeness (QED) is 0.345. The molecular weight excluding hydrogens is 358 g/mol. The fourth-order valence-corrected chi connectivity index (χ4v) is 2.63. The smallest absolute Gasteiger partial charge is 0.333 e. The molecule has 0 aliphatic rings. The second-order valence-electron chi connectivity index (χ2n) is 5.96. The van der Waals surface area contributed by atoms with Crippen LogP contribution in [0.15, 0.2) is 54.9 Å². The van der Waals surface area contributed by atoms with E-state index in [0.717, 1.165) is 22.4 Å². The van der Waals surface area contributed by atoms with Crippen LogP contribution in [0.5, 0.6) is 11.6 Å². The summed E-state index contributed by atoms with van der Waals surface area (Å²) in [6.07, 6.45) is 3.21. The minimum atomic E-state index is -0.506. The van der Waals surface area contributed by atoms with Crippen LogP contribution in [0.2, 0.25) is 0 Å². The highest BCUT2D eigenvalue weighted by atomic mass is 16.5. The van der Waals surface area contributed by atoms with Gasteiger partial charge in [0.25, 0.3) is 0 Å². The van der Waals surface area contributed by atoms with Crippen molar-refractivity contribution in [1.82, 2.24) is 15.4 Å². The predicted molar refractivity (Wildman–Crippen MR) is 106 cm³/mol. The van der Waals surface area contributed by atoms with E-state index in [-0.39, 0.29) is 6.61 Å². The van der Waals surface area contributed by atoms with Gasteiger partial charge in [0.15, 0.2) is 0 Å². The summed E-state index contributed by atoms with van der Waals surface area (Å²) in [5.74, 6) is 6.29. The van der Waals surface area contributed by atoms with Crippen LogP contribution in [0.3, 0.4) is 0 Å². The Morgan fingerprint density at radius 2 is 1.93 bits per heavy atom. The fourth-order valence-electron chi connectivity index (χ4n) is 2.63. The Hall–Kier alpha value is -3.65. The largest absolute Gasteiger partial charge is 0.497 e. The zero-order chi connectivity index (χ0) is 19.9. The number of urea groups is 1. The molecule has 28 heavy (non-hydrogen) atoms. The first-order valence-electron chi connectivity index (χ1n) is 8.56. The van der Waals surface area contributed by atoms with E-state index in [1.807, 2.05) is 48.7 Å². The number of nitrogens with one attached hydrogen (secondary N) is 2. The average Bonchev–Trinajstić information content (AvgIpc) is 2.73. The van der Waals surface area contributed by atoms with Crippen molar-refractivity contribution in [3.63, 3.8) is 0 Å². The van der Waals surface area contributed by atoms with E-state index in [4.69, 9.17) is 15.3 Å². The van der Waals surface area contributed by atoms with Crippen LogP contribution >= 0.6 is 0 Å². The first-order valence-corrected chi connectivity index (χ1v) is 8.56. The second kappa shape index (κ2) is 8.83. The number of hydrazine groups is 1. The first-order chi connectivity index (χ1) is 13.6. The molecule has 3 rings (SSSR count). The molecule has 0 fully saturated rings. The number of nitrogens with zero attached hydrogens (tertiary/aromatic N) is 2. The summed E-state index contributed by atoms with van der Waals surface area (Å²) in [7, 11) is 1.62. The van der Waals surface area contributed by atoms with E-state index in [2.05, 4.69) is 15.3 Å². The van der Waals surface area contributed by atoms with Gasteiger partial charge in [-0.15, -0.1) is 0 Å². The van der Waals surface area contributed by atoms with Crippen molar-refractivity contribution < 1.29 is 14.3 Å². The molecule has 0 saturated heterocycles. The molecule has 1 heterocycles. The van der Waals surface area contributed by atoms with Gasteiger partial charge in [-0.3, -0.25) is 10.4 Å². The summed E-state index contributed by atoms with van der Waals surface area (Å²) in [6.45, 7) is 2.15. The number of carbonyl (C=O) groups excluding carboxylic acids is 1. The monoisotopic (exact) mass is 379 g/mol. The standard InChI is InChI=1S/C20H21N5O3/c1-13-4-3-5-17(24-20(26)25-21)16(13)12-28-19-11-22-10-18(23-19)14-6-8-15(27-2)9-7-14/h3-11H,12,21H2,1-2H3,(H2,24,25,26). The maximum absolute atomic E-state index is 11.5. The van der Waals surface area contributed by atoms with Gasteiger partial charge < -0.3 is 14.8 Å². The van der Waals surface area contributed by atoms with Crippen LogP contribution in [0.4, 0.5) is 10.5 Å². The number of aryl methyl sites for hydroxylation is 1. The fraction of sp³-hybridized carbons (Fsp3) is 0.150. The number of methoxy groups -OCH3 is 1. The minimum Gasteiger partial charge on any atom is -0.497 e. The number of nitrogens with two attached hydrogens (primary N) is 1. The average molecular weight is 379 g/mol. The van der Waals surface area contributed by atoms with E-state index in [1.165, 1.54) is 0 Å². The van der Waals surface area contributed by atoms with Crippen molar-refractivity contribution >= 4 is 11.7 Å². The van der Waals surface area contributed by atoms with Gasteiger partial charge in [-0.1, -0.05) is 12.1 Å². The summed E-state index contributed by atoms with van der Waals surface area (Å²) in [4.78, 5) is 20.3. The zero-order valence-electron chi connectivity index (χ0n) is 15.6. The maximum Gasteiger partial charge on any atom is 0.333 e. The van der Waals surface area contributed by atoms with Gasteiger partial charge >= 0.3 is 6.03 Å². The van der Waals surface area contributed by atoms with Crippen molar-refractivity contribution in [1.29, 1.82) is 0 Å². The van der Waals surface area contributed by atoms with E-state index in [1.54, 1.807) is 25.6 Å². The van der Waals surface area contributed by atoms with E-state index >= 15 is 0 Å². The SMILES string of the molecule is COc1ccc(-c2cncc(OCc3c(C)cccc3NC(=O)NN)n2)cc1. The summed E-state index contributed by atoms with van der Waals surface area (Å²) in [5.41, 5.74) is 6.03. The molecule has 3 aromatic rings. The Morgan fingerprint density at radius 1 is 1.14 bits per heavy atom. The number of hydrogen-bond acceptors (Lipinski definition) is 6. The number of rotatable bonds is 6. The lowest BCUT2D eigenvalue weighted by molar-refractivity contribution is 0.252. The number of anilines is 1. The van der Waals surface area contributed by atoms with Crippen LogP contribution in [-0.2, 0) is 6.61 Å². The van der Waals surface area contributed by atoms with Crippen LogP contribution < -0.4 is 26.1 Å². The molecule has 2 amide bonds.